The van der Waals surface area contributed by atoms with Crippen LogP contribution in [0.15, 0.2) is 18.3 Å². The number of aliphatic hydroxyl groups excluding tert-OH is 2. The highest BCUT2D eigenvalue weighted by molar-refractivity contribution is 5.49. The number of aromatic nitrogens is 1. The maximum atomic E-state index is 9.76. The molecule has 0 aliphatic heterocycles. The smallest absolute Gasteiger partial charge is 0.134 e. The predicted molar refractivity (Wildman–Crippen MR) is 66.9 cm³/mol. The second-order valence-corrected chi connectivity index (χ2v) is 4.59. The summed E-state index contributed by atoms with van der Waals surface area (Å²) in [7, 11) is 0. The van der Waals surface area contributed by atoms with E-state index in [9.17, 15) is 5.11 Å². The van der Waals surface area contributed by atoms with Crippen LogP contribution in [0.3, 0.4) is 0 Å². The molecule has 1 fully saturated rings. The summed E-state index contributed by atoms with van der Waals surface area (Å²) in [6, 6.07) is 4.20. The van der Waals surface area contributed by atoms with Gasteiger partial charge in [0.1, 0.15) is 5.82 Å². The fourth-order valence-electron chi connectivity index (χ4n) is 2.24. The van der Waals surface area contributed by atoms with Crippen molar-refractivity contribution < 1.29 is 10.2 Å². The third kappa shape index (κ3) is 2.58. The minimum Gasteiger partial charge on any atom is -0.395 e. The maximum absolute atomic E-state index is 9.76. The quantitative estimate of drug-likeness (QED) is 0.813. The topological polar surface area (TPSA) is 56.6 Å². The van der Waals surface area contributed by atoms with E-state index in [2.05, 4.69) is 9.88 Å². The van der Waals surface area contributed by atoms with Crippen LogP contribution >= 0.6 is 0 Å². The van der Waals surface area contributed by atoms with Crippen LogP contribution in [-0.4, -0.2) is 34.4 Å². The first-order valence-electron chi connectivity index (χ1n) is 6.24. The van der Waals surface area contributed by atoms with Gasteiger partial charge in [0.05, 0.1) is 12.7 Å². The highest BCUT2D eigenvalue weighted by Gasteiger charge is 2.27. The van der Waals surface area contributed by atoms with Gasteiger partial charge in [0, 0.05) is 24.3 Å². The van der Waals surface area contributed by atoms with E-state index in [1.807, 2.05) is 12.1 Å². The van der Waals surface area contributed by atoms with Crippen molar-refractivity contribution in [3.8, 4) is 0 Å². The third-order valence-electron chi connectivity index (χ3n) is 3.40. The molecule has 0 unspecified atom stereocenters. The first-order chi connectivity index (χ1) is 8.24. The van der Waals surface area contributed by atoms with E-state index in [4.69, 9.17) is 5.11 Å². The molecule has 1 atom stereocenters. The van der Waals surface area contributed by atoms with Gasteiger partial charge in [-0.3, -0.25) is 0 Å². The summed E-state index contributed by atoms with van der Waals surface area (Å²) in [5.41, 5.74) is 0.841. The van der Waals surface area contributed by atoms with E-state index in [0.29, 0.717) is 12.6 Å². The number of aliphatic hydroxyl groups is 2. The molecule has 0 radical (unpaired) electrons. The molecule has 0 bridgehead atoms. The Morgan fingerprint density at radius 3 is 2.82 bits per heavy atom. The van der Waals surface area contributed by atoms with E-state index in [1.54, 1.807) is 13.1 Å². The fourth-order valence-corrected chi connectivity index (χ4v) is 2.24. The van der Waals surface area contributed by atoms with Crippen molar-refractivity contribution in [1.82, 2.24) is 4.98 Å². The number of pyridine rings is 1. The standard InChI is InChI=1S/C13H20N2O2/c1-10(17)12-6-3-7-14-13(12)15(8-9-16)11-4-2-5-11/h3,6-7,10-11,16-17H,2,4-5,8-9H2,1H3/t10-/m0/s1. The van der Waals surface area contributed by atoms with Gasteiger partial charge in [-0.05, 0) is 32.3 Å². The first kappa shape index (κ1) is 12.3. The summed E-state index contributed by atoms with van der Waals surface area (Å²) >= 11 is 0. The van der Waals surface area contributed by atoms with Gasteiger partial charge in [-0.15, -0.1) is 0 Å². The van der Waals surface area contributed by atoms with Crippen LogP contribution in [0.1, 0.15) is 37.9 Å². The molecule has 4 heteroatoms. The largest absolute Gasteiger partial charge is 0.395 e. The van der Waals surface area contributed by atoms with Gasteiger partial charge in [0.2, 0.25) is 0 Å². The lowest BCUT2D eigenvalue weighted by molar-refractivity contribution is 0.198. The second kappa shape index (κ2) is 5.47. The Bertz CT molecular complexity index is 364. The number of hydrogen-bond acceptors (Lipinski definition) is 4. The fraction of sp³-hybridized carbons (Fsp3) is 0.615. The van der Waals surface area contributed by atoms with E-state index >= 15 is 0 Å². The lowest BCUT2D eigenvalue weighted by Gasteiger charge is -2.39. The van der Waals surface area contributed by atoms with Crippen LogP contribution in [-0.2, 0) is 0 Å². The molecule has 94 valence electrons. The molecule has 4 nitrogen and oxygen atoms in total. The molecule has 2 N–H and O–H groups in total. The minimum absolute atomic E-state index is 0.117. The van der Waals surface area contributed by atoms with Gasteiger partial charge in [-0.2, -0.15) is 0 Å². The third-order valence-corrected chi connectivity index (χ3v) is 3.40. The normalized spacial score (nSPS) is 17.6. The van der Waals surface area contributed by atoms with Crippen LogP contribution in [0.2, 0.25) is 0 Å². The molecule has 1 aromatic rings. The molecule has 2 rings (SSSR count). The Kier molecular flexibility index (Phi) is 3.97. The molecule has 0 aromatic carbocycles. The molecular weight excluding hydrogens is 216 g/mol. The molecule has 0 amide bonds. The zero-order chi connectivity index (χ0) is 12.3. The van der Waals surface area contributed by atoms with E-state index in [-0.39, 0.29) is 6.61 Å². The maximum Gasteiger partial charge on any atom is 0.134 e. The zero-order valence-electron chi connectivity index (χ0n) is 10.2. The summed E-state index contributed by atoms with van der Waals surface area (Å²) < 4.78 is 0. The lowest BCUT2D eigenvalue weighted by Crippen LogP contribution is -2.43. The van der Waals surface area contributed by atoms with E-state index in [0.717, 1.165) is 24.2 Å². The molecule has 1 aliphatic rings. The number of hydrogen-bond donors (Lipinski definition) is 2. The first-order valence-corrected chi connectivity index (χ1v) is 6.24. The van der Waals surface area contributed by atoms with Crippen LogP contribution in [0, 0.1) is 0 Å². The number of rotatable bonds is 5. The van der Waals surface area contributed by atoms with Crippen molar-refractivity contribution in [2.75, 3.05) is 18.1 Å². The Hall–Kier alpha value is -1.13. The summed E-state index contributed by atoms with van der Waals surface area (Å²) in [6.07, 6.45) is 4.75. The second-order valence-electron chi connectivity index (χ2n) is 4.59. The van der Waals surface area contributed by atoms with Gasteiger partial charge >= 0.3 is 0 Å². The Labute approximate surface area is 102 Å². The SMILES string of the molecule is C[C@H](O)c1cccnc1N(CCO)C1CCC1. The van der Waals surface area contributed by atoms with Gasteiger partial charge in [-0.1, -0.05) is 6.07 Å². The lowest BCUT2D eigenvalue weighted by atomic mass is 9.91. The highest BCUT2D eigenvalue weighted by Crippen LogP contribution is 2.32. The Morgan fingerprint density at radius 2 is 2.29 bits per heavy atom. The zero-order valence-corrected chi connectivity index (χ0v) is 10.2. The molecule has 17 heavy (non-hydrogen) atoms. The van der Waals surface area contributed by atoms with Crippen molar-refractivity contribution in [3.63, 3.8) is 0 Å². The van der Waals surface area contributed by atoms with Crippen LogP contribution in [0.4, 0.5) is 5.82 Å². The average Bonchev–Trinajstić information content (AvgIpc) is 2.26. The summed E-state index contributed by atoms with van der Waals surface area (Å²) in [4.78, 5) is 6.51. The van der Waals surface area contributed by atoms with Crippen molar-refractivity contribution >= 4 is 5.82 Å². The molecule has 0 spiro atoms. The molecule has 0 saturated heterocycles. The van der Waals surface area contributed by atoms with Crippen LogP contribution < -0.4 is 4.90 Å². The van der Waals surface area contributed by atoms with Gasteiger partial charge in [0.15, 0.2) is 0 Å². The van der Waals surface area contributed by atoms with Gasteiger partial charge in [-0.25, -0.2) is 4.98 Å². The average molecular weight is 236 g/mol. The molecular formula is C13H20N2O2. The summed E-state index contributed by atoms with van der Waals surface area (Å²) in [5.74, 6) is 0.821. The molecule has 1 aliphatic carbocycles. The molecule has 1 saturated carbocycles. The number of anilines is 1. The summed E-state index contributed by atoms with van der Waals surface area (Å²) in [5, 5.41) is 18.9. The van der Waals surface area contributed by atoms with Gasteiger partial charge < -0.3 is 15.1 Å². The molecule has 1 aromatic heterocycles. The summed E-state index contributed by atoms with van der Waals surface area (Å²) in [6.45, 7) is 2.45. The monoisotopic (exact) mass is 236 g/mol. The van der Waals surface area contributed by atoms with E-state index < -0.39 is 6.10 Å². The number of nitrogens with zero attached hydrogens (tertiary/aromatic N) is 2. The van der Waals surface area contributed by atoms with Gasteiger partial charge in [0.25, 0.3) is 0 Å². The van der Waals surface area contributed by atoms with Crippen LogP contribution in [0.5, 0.6) is 0 Å². The van der Waals surface area contributed by atoms with Crippen molar-refractivity contribution in [2.24, 2.45) is 0 Å². The predicted octanol–water partition coefficient (Wildman–Crippen LogP) is 1.49. The van der Waals surface area contributed by atoms with Crippen molar-refractivity contribution in [1.29, 1.82) is 0 Å². The molecule has 1 heterocycles. The Balaban J connectivity index is 2.27. The minimum atomic E-state index is -0.528. The van der Waals surface area contributed by atoms with Crippen molar-refractivity contribution in [2.45, 2.75) is 38.3 Å². The highest BCUT2D eigenvalue weighted by atomic mass is 16.3. The van der Waals surface area contributed by atoms with Crippen molar-refractivity contribution in [3.05, 3.63) is 23.9 Å². The Morgan fingerprint density at radius 1 is 1.53 bits per heavy atom. The van der Waals surface area contributed by atoms with E-state index in [1.165, 1.54) is 6.42 Å². The van der Waals surface area contributed by atoms with Crippen LogP contribution in [0.25, 0.3) is 0 Å².